The summed E-state index contributed by atoms with van der Waals surface area (Å²) in [4.78, 5) is 17.2. The molecule has 0 radical (unpaired) electrons. The van der Waals surface area contributed by atoms with Crippen LogP contribution in [0.3, 0.4) is 0 Å². The minimum Gasteiger partial charge on any atom is -0.491 e. The summed E-state index contributed by atoms with van der Waals surface area (Å²) < 4.78 is 13.4. The second-order valence-electron chi connectivity index (χ2n) is 6.05. The summed E-state index contributed by atoms with van der Waals surface area (Å²) in [6, 6.07) is 7.80. The van der Waals surface area contributed by atoms with Gasteiger partial charge in [0.1, 0.15) is 12.4 Å². The van der Waals surface area contributed by atoms with Crippen LogP contribution in [0, 0.1) is 0 Å². The third-order valence-electron chi connectivity index (χ3n) is 4.27. The highest BCUT2D eigenvalue weighted by atomic mass is 16.5. The Bertz CT molecular complexity index is 675. The molecule has 0 spiro atoms. The number of para-hydroxylation sites is 1. The second-order valence-corrected chi connectivity index (χ2v) is 6.05. The zero-order chi connectivity index (χ0) is 17.5. The minimum atomic E-state index is -0.801. The molecule has 1 unspecified atom stereocenters. The lowest BCUT2D eigenvalue weighted by Gasteiger charge is -2.35. The number of hydrogen-bond acceptors (Lipinski definition) is 5. The van der Waals surface area contributed by atoms with Crippen molar-refractivity contribution in [3.8, 4) is 5.75 Å². The summed E-state index contributed by atoms with van der Waals surface area (Å²) >= 11 is 0. The number of aromatic nitrogens is 2. The second kappa shape index (κ2) is 8.64. The number of ether oxygens (including phenoxy) is 2. The first-order valence-electron chi connectivity index (χ1n) is 8.42. The highest BCUT2D eigenvalue weighted by molar-refractivity contribution is 5.67. The van der Waals surface area contributed by atoms with Gasteiger partial charge >= 0.3 is 5.97 Å². The van der Waals surface area contributed by atoms with Crippen molar-refractivity contribution in [1.82, 2.24) is 14.5 Å². The van der Waals surface area contributed by atoms with Crippen molar-refractivity contribution in [3.05, 3.63) is 48.5 Å². The van der Waals surface area contributed by atoms with E-state index < -0.39 is 5.97 Å². The van der Waals surface area contributed by atoms with Gasteiger partial charge in [0.05, 0.1) is 32.5 Å². The zero-order valence-electron chi connectivity index (χ0n) is 14.1. The Kier molecular flexibility index (Phi) is 6.03. The largest absolute Gasteiger partial charge is 0.491 e. The lowest BCUT2D eigenvalue weighted by molar-refractivity contribution is -0.140. The number of hydrogen-bond donors (Lipinski definition) is 1. The van der Waals surface area contributed by atoms with Crippen molar-refractivity contribution < 1.29 is 19.4 Å². The Hall–Kier alpha value is -2.38. The fourth-order valence-corrected chi connectivity index (χ4v) is 2.96. The molecule has 0 bridgehead atoms. The van der Waals surface area contributed by atoms with Crippen molar-refractivity contribution in [2.45, 2.75) is 25.6 Å². The average molecular weight is 345 g/mol. The van der Waals surface area contributed by atoms with Gasteiger partial charge in [0, 0.05) is 37.1 Å². The number of carbonyl (C=O) groups is 1. The molecular formula is C18H23N3O4. The van der Waals surface area contributed by atoms with Gasteiger partial charge in [0.15, 0.2) is 0 Å². The van der Waals surface area contributed by atoms with Crippen LogP contribution in [0.5, 0.6) is 5.75 Å². The molecule has 1 N–H and O–H groups in total. The van der Waals surface area contributed by atoms with E-state index in [1.165, 1.54) is 0 Å². The number of carboxylic acids is 1. The summed E-state index contributed by atoms with van der Waals surface area (Å²) in [5, 5.41) is 9.10. The predicted molar refractivity (Wildman–Crippen MR) is 91.4 cm³/mol. The van der Waals surface area contributed by atoms with Crippen LogP contribution in [0.25, 0.3) is 0 Å². The van der Waals surface area contributed by atoms with E-state index in [2.05, 4.69) is 9.88 Å². The Morgan fingerprint density at radius 3 is 3.08 bits per heavy atom. The van der Waals surface area contributed by atoms with Crippen LogP contribution < -0.4 is 4.74 Å². The van der Waals surface area contributed by atoms with E-state index >= 15 is 0 Å². The standard InChI is InChI=1S/C18H23N3O4/c22-18(23)11-16-13-24-9-8-21(16)12-15-3-1-2-4-17(15)25-10-7-20-6-5-19-14-20/h1-6,14,16H,7-13H2,(H,22,23). The van der Waals surface area contributed by atoms with Crippen LogP contribution >= 0.6 is 0 Å². The van der Waals surface area contributed by atoms with Gasteiger partial charge in [-0.15, -0.1) is 0 Å². The van der Waals surface area contributed by atoms with Crippen LogP contribution in [0.2, 0.25) is 0 Å². The minimum absolute atomic E-state index is 0.0870. The SMILES string of the molecule is O=C(O)CC1COCCN1Cc1ccccc1OCCn1ccnc1. The fraction of sp³-hybridized carbons (Fsp3) is 0.444. The Labute approximate surface area is 146 Å². The molecule has 0 amide bonds. The van der Waals surface area contributed by atoms with Gasteiger partial charge in [-0.25, -0.2) is 4.98 Å². The quantitative estimate of drug-likeness (QED) is 0.784. The first-order valence-corrected chi connectivity index (χ1v) is 8.42. The first-order chi connectivity index (χ1) is 12.2. The number of rotatable bonds is 8. The molecule has 7 nitrogen and oxygen atoms in total. The smallest absolute Gasteiger partial charge is 0.305 e. The van der Waals surface area contributed by atoms with E-state index in [9.17, 15) is 4.79 Å². The van der Waals surface area contributed by atoms with Crippen LogP contribution in [0.15, 0.2) is 43.0 Å². The summed E-state index contributed by atoms with van der Waals surface area (Å²) in [7, 11) is 0. The van der Waals surface area contributed by atoms with Crippen molar-refractivity contribution in [2.75, 3.05) is 26.4 Å². The van der Waals surface area contributed by atoms with Crippen LogP contribution in [0.4, 0.5) is 0 Å². The summed E-state index contributed by atoms with van der Waals surface area (Å²) in [6.45, 7) is 3.74. The Balaban J connectivity index is 1.62. The molecule has 3 rings (SSSR count). The van der Waals surface area contributed by atoms with Gasteiger partial charge in [0.25, 0.3) is 0 Å². The van der Waals surface area contributed by atoms with Gasteiger partial charge in [0.2, 0.25) is 0 Å². The fourth-order valence-electron chi connectivity index (χ4n) is 2.96. The lowest BCUT2D eigenvalue weighted by atomic mass is 10.1. The Morgan fingerprint density at radius 1 is 1.40 bits per heavy atom. The van der Waals surface area contributed by atoms with Crippen molar-refractivity contribution in [1.29, 1.82) is 0 Å². The predicted octanol–water partition coefficient (Wildman–Crippen LogP) is 1.64. The van der Waals surface area contributed by atoms with E-state index in [0.717, 1.165) is 24.4 Å². The molecular weight excluding hydrogens is 322 g/mol. The third kappa shape index (κ3) is 5.04. The maximum Gasteiger partial charge on any atom is 0.305 e. The summed E-state index contributed by atoms with van der Waals surface area (Å²) in [5.74, 6) is 0.0357. The normalized spacial score (nSPS) is 18.2. The average Bonchev–Trinajstić information content (AvgIpc) is 3.11. The van der Waals surface area contributed by atoms with E-state index in [4.69, 9.17) is 14.6 Å². The molecule has 1 saturated heterocycles. The molecule has 7 heteroatoms. The number of imidazole rings is 1. The molecule has 1 aromatic heterocycles. The highest BCUT2D eigenvalue weighted by Gasteiger charge is 2.26. The van der Waals surface area contributed by atoms with E-state index in [0.29, 0.717) is 26.4 Å². The summed E-state index contributed by atoms with van der Waals surface area (Å²) in [5.41, 5.74) is 1.06. The monoisotopic (exact) mass is 345 g/mol. The number of aliphatic carboxylic acids is 1. The molecule has 0 aliphatic carbocycles. The van der Waals surface area contributed by atoms with Gasteiger partial charge in [-0.05, 0) is 6.07 Å². The molecule has 2 aromatic rings. The van der Waals surface area contributed by atoms with Crippen molar-refractivity contribution >= 4 is 5.97 Å². The molecule has 1 aliphatic heterocycles. The molecule has 1 aliphatic rings. The third-order valence-corrected chi connectivity index (χ3v) is 4.27. The van der Waals surface area contributed by atoms with Crippen molar-refractivity contribution in [3.63, 3.8) is 0 Å². The van der Waals surface area contributed by atoms with E-state index in [-0.39, 0.29) is 12.5 Å². The first kappa shape index (κ1) is 17.4. The highest BCUT2D eigenvalue weighted by Crippen LogP contribution is 2.23. The summed E-state index contributed by atoms with van der Waals surface area (Å²) in [6.07, 6.45) is 5.50. The number of benzene rings is 1. The van der Waals surface area contributed by atoms with Crippen molar-refractivity contribution in [2.24, 2.45) is 0 Å². The molecule has 0 saturated carbocycles. The van der Waals surface area contributed by atoms with Gasteiger partial charge < -0.3 is 19.1 Å². The van der Waals surface area contributed by atoms with Crippen LogP contribution in [0.1, 0.15) is 12.0 Å². The van der Waals surface area contributed by atoms with Crippen LogP contribution in [-0.2, 0) is 22.6 Å². The van der Waals surface area contributed by atoms with Gasteiger partial charge in [-0.1, -0.05) is 18.2 Å². The molecule has 2 heterocycles. The maximum atomic E-state index is 11.1. The molecule has 25 heavy (non-hydrogen) atoms. The lowest BCUT2D eigenvalue weighted by Crippen LogP contribution is -2.45. The van der Waals surface area contributed by atoms with E-state index in [1.54, 1.807) is 12.5 Å². The van der Waals surface area contributed by atoms with Gasteiger partial charge in [-0.2, -0.15) is 0 Å². The molecule has 1 fully saturated rings. The number of carboxylic acid groups (broad SMARTS) is 1. The zero-order valence-corrected chi connectivity index (χ0v) is 14.1. The maximum absolute atomic E-state index is 11.1. The Morgan fingerprint density at radius 2 is 2.28 bits per heavy atom. The molecule has 1 aromatic carbocycles. The van der Waals surface area contributed by atoms with Crippen LogP contribution in [-0.4, -0.2) is 57.9 Å². The number of nitrogens with zero attached hydrogens (tertiary/aromatic N) is 3. The van der Waals surface area contributed by atoms with Gasteiger partial charge in [-0.3, -0.25) is 9.69 Å². The number of morpholine rings is 1. The van der Waals surface area contributed by atoms with E-state index in [1.807, 2.05) is 35.0 Å². The molecule has 134 valence electrons. The molecule has 1 atom stereocenters. The topological polar surface area (TPSA) is 76.8 Å².